The molecule has 0 saturated heterocycles. The van der Waals surface area contributed by atoms with Gasteiger partial charge >= 0.3 is 0 Å². The van der Waals surface area contributed by atoms with Crippen LogP contribution >= 0.6 is 0 Å². The summed E-state index contributed by atoms with van der Waals surface area (Å²) < 4.78 is 2.24. The molecule has 1 aliphatic carbocycles. The van der Waals surface area contributed by atoms with Gasteiger partial charge in [-0.3, -0.25) is 4.57 Å². The summed E-state index contributed by atoms with van der Waals surface area (Å²) in [6.07, 6.45) is 6.52. The van der Waals surface area contributed by atoms with Crippen LogP contribution in [-0.4, -0.2) is 9.55 Å². The van der Waals surface area contributed by atoms with Gasteiger partial charge in [0.2, 0.25) is 0 Å². The van der Waals surface area contributed by atoms with Crippen molar-refractivity contribution in [3.05, 3.63) is 78.1 Å². The number of imidazole rings is 1. The summed E-state index contributed by atoms with van der Waals surface area (Å²) >= 11 is 0. The minimum atomic E-state index is 0.926. The molecule has 144 valence electrons. The molecule has 0 bridgehead atoms. The maximum Gasteiger partial charge on any atom is 0.145 e. The van der Waals surface area contributed by atoms with Gasteiger partial charge in [0.1, 0.15) is 5.82 Å². The maximum absolute atomic E-state index is 4.84. The average molecular weight is 363 g/mol. The van der Waals surface area contributed by atoms with Crippen molar-refractivity contribution < 1.29 is 0 Å². The first-order valence-corrected chi connectivity index (χ1v) is 10.2. The van der Waals surface area contributed by atoms with E-state index in [0.717, 1.165) is 29.2 Å². The quantitative estimate of drug-likeness (QED) is 0.459. The number of aromatic nitrogens is 2. The van der Waals surface area contributed by atoms with Gasteiger partial charge in [0.05, 0.1) is 11.4 Å². The van der Waals surface area contributed by atoms with Crippen LogP contribution in [0.4, 0.5) is 0 Å². The molecule has 0 spiro atoms. The smallest absolute Gasteiger partial charge is 0.145 e. The van der Waals surface area contributed by atoms with Crippen molar-refractivity contribution in [3.8, 4) is 17.1 Å². The van der Waals surface area contributed by atoms with Crippen molar-refractivity contribution in [1.82, 2.24) is 9.55 Å². The van der Waals surface area contributed by atoms with Crippen molar-refractivity contribution in [2.75, 3.05) is 0 Å². The van der Waals surface area contributed by atoms with Gasteiger partial charge in [0, 0.05) is 17.7 Å². The molecule has 1 heterocycles. The monoisotopic (exact) mass is 362 g/mol. The summed E-state index contributed by atoms with van der Waals surface area (Å²) in [7, 11) is 0. The van der Waals surface area contributed by atoms with E-state index >= 15 is 0 Å². The van der Waals surface area contributed by atoms with E-state index in [4.69, 9.17) is 4.98 Å². The van der Waals surface area contributed by atoms with E-state index in [0.29, 0.717) is 0 Å². The summed E-state index contributed by atoms with van der Waals surface area (Å²) in [5.74, 6) is 1.02. The van der Waals surface area contributed by atoms with E-state index in [1.54, 1.807) is 0 Å². The fourth-order valence-corrected chi connectivity index (χ4v) is 2.70. The molecule has 1 aromatic heterocycles. The molecule has 0 amide bonds. The Kier molecular flexibility index (Phi) is 10.5. The largest absolute Gasteiger partial charge is 0.293 e. The molecule has 0 saturated carbocycles. The molecule has 4 rings (SSSR count). The molecule has 0 fully saturated rings. The Morgan fingerprint density at radius 2 is 1.33 bits per heavy atom. The lowest BCUT2D eigenvalue weighted by atomic mass is 10.2. The molecule has 1 aliphatic rings. The standard InChI is InChI=1S/C18H14N2.C3H8.2C2H6/c1-3-8-14(9-4-1)18-19-16-12-7-13-17(16)20(18)15-10-5-2-6-11-15;1-3-2;2*1-2/h1-11,13H,12H2;3H2,1-2H3;2*1-2H3. The number of hydrogen-bond acceptors (Lipinski definition) is 1. The van der Waals surface area contributed by atoms with Crippen molar-refractivity contribution in [2.24, 2.45) is 0 Å². The second-order valence-corrected chi connectivity index (χ2v) is 5.62. The third-order valence-electron chi connectivity index (χ3n) is 3.62. The highest BCUT2D eigenvalue weighted by Gasteiger charge is 2.19. The molecule has 0 radical (unpaired) electrons. The Balaban J connectivity index is 0.000000466. The van der Waals surface area contributed by atoms with Gasteiger partial charge in [-0.2, -0.15) is 0 Å². The second kappa shape index (κ2) is 12.7. The number of rotatable bonds is 2. The van der Waals surface area contributed by atoms with Crippen LogP contribution in [0.15, 0.2) is 66.7 Å². The molecule has 0 atom stereocenters. The topological polar surface area (TPSA) is 17.8 Å². The van der Waals surface area contributed by atoms with Gasteiger partial charge in [-0.1, -0.05) is 103 Å². The van der Waals surface area contributed by atoms with Crippen molar-refractivity contribution in [3.63, 3.8) is 0 Å². The Hall–Kier alpha value is -2.61. The number of nitrogens with zero attached hydrogens (tertiary/aromatic N) is 2. The lowest BCUT2D eigenvalue weighted by Crippen LogP contribution is -1.99. The molecule has 2 aromatic carbocycles. The molecule has 0 unspecified atom stereocenters. The number of allylic oxidation sites excluding steroid dienone is 1. The molecule has 27 heavy (non-hydrogen) atoms. The van der Waals surface area contributed by atoms with E-state index in [-0.39, 0.29) is 0 Å². The van der Waals surface area contributed by atoms with E-state index in [1.165, 1.54) is 12.1 Å². The number of fused-ring (bicyclic) bond motifs is 1. The highest BCUT2D eigenvalue weighted by atomic mass is 15.1. The molecule has 2 heteroatoms. The van der Waals surface area contributed by atoms with Crippen molar-refractivity contribution in [1.29, 1.82) is 0 Å². The second-order valence-electron chi connectivity index (χ2n) is 5.62. The van der Waals surface area contributed by atoms with E-state index in [2.05, 4.69) is 79.1 Å². The van der Waals surface area contributed by atoms with Crippen molar-refractivity contribution >= 4 is 6.08 Å². The summed E-state index contributed by atoms with van der Waals surface area (Å²) in [5, 5.41) is 0. The molecule has 0 aliphatic heterocycles. The van der Waals surface area contributed by atoms with E-state index in [1.807, 2.05) is 39.8 Å². The van der Waals surface area contributed by atoms with Gasteiger partial charge in [0.25, 0.3) is 0 Å². The minimum Gasteiger partial charge on any atom is -0.293 e. The highest BCUT2D eigenvalue weighted by Crippen LogP contribution is 2.30. The first kappa shape index (κ1) is 22.4. The molecule has 2 nitrogen and oxygen atoms in total. The first-order chi connectivity index (χ1) is 13.3. The predicted molar refractivity (Wildman–Crippen MR) is 120 cm³/mol. The van der Waals surface area contributed by atoms with Crippen LogP contribution in [0, 0.1) is 0 Å². The molecule has 3 aromatic rings. The van der Waals surface area contributed by atoms with Crippen LogP contribution in [0.1, 0.15) is 59.4 Å². The number of para-hydroxylation sites is 1. The number of benzene rings is 2. The van der Waals surface area contributed by atoms with Crippen LogP contribution in [0.5, 0.6) is 0 Å². The van der Waals surface area contributed by atoms with Gasteiger partial charge in [-0.15, -0.1) is 0 Å². The van der Waals surface area contributed by atoms with Gasteiger partial charge in [-0.25, -0.2) is 4.98 Å². The lowest BCUT2D eigenvalue weighted by Gasteiger charge is -2.10. The van der Waals surface area contributed by atoms with Gasteiger partial charge < -0.3 is 0 Å². The minimum absolute atomic E-state index is 0.926. The predicted octanol–water partition coefficient (Wildman–Crippen LogP) is 7.58. The third-order valence-corrected chi connectivity index (χ3v) is 3.62. The van der Waals surface area contributed by atoms with Gasteiger partial charge in [-0.05, 0) is 18.2 Å². The summed E-state index contributed by atoms with van der Waals surface area (Å²) in [4.78, 5) is 4.84. The van der Waals surface area contributed by atoms with Crippen LogP contribution in [0.25, 0.3) is 23.2 Å². The summed E-state index contributed by atoms with van der Waals surface area (Å²) in [5.41, 5.74) is 4.67. The lowest BCUT2D eigenvalue weighted by molar-refractivity contribution is 1.05. The highest BCUT2D eigenvalue weighted by molar-refractivity contribution is 5.67. The van der Waals surface area contributed by atoms with Gasteiger partial charge in [0.15, 0.2) is 0 Å². The summed E-state index contributed by atoms with van der Waals surface area (Å²) in [6.45, 7) is 12.2. The normalized spacial score (nSPS) is 10.4. The molecular weight excluding hydrogens is 328 g/mol. The number of hydrogen-bond donors (Lipinski definition) is 0. The van der Waals surface area contributed by atoms with Crippen LogP contribution in [0.3, 0.4) is 0 Å². The van der Waals surface area contributed by atoms with Crippen LogP contribution in [0.2, 0.25) is 0 Å². The Bertz CT molecular complexity index is 784. The van der Waals surface area contributed by atoms with Crippen molar-refractivity contribution in [2.45, 2.75) is 54.4 Å². The average Bonchev–Trinajstić information content (AvgIpc) is 3.34. The zero-order valence-electron chi connectivity index (χ0n) is 17.7. The van der Waals surface area contributed by atoms with E-state index in [9.17, 15) is 0 Å². The Labute approximate surface area is 165 Å². The maximum atomic E-state index is 4.84. The fourth-order valence-electron chi connectivity index (χ4n) is 2.70. The zero-order chi connectivity index (χ0) is 20.1. The Morgan fingerprint density at radius 3 is 1.89 bits per heavy atom. The third kappa shape index (κ3) is 5.68. The van der Waals surface area contributed by atoms with E-state index < -0.39 is 0 Å². The Morgan fingerprint density at radius 1 is 0.815 bits per heavy atom. The van der Waals surface area contributed by atoms with Crippen LogP contribution < -0.4 is 0 Å². The molecular formula is C25H34N2. The SMILES string of the molecule is C1=Cc2c(nc(-c3ccccc3)n2-c2ccccc2)C1.CC.CC.CCC. The molecule has 0 N–H and O–H groups in total. The zero-order valence-corrected chi connectivity index (χ0v) is 17.7. The summed E-state index contributed by atoms with van der Waals surface area (Å²) in [6, 6.07) is 20.8. The van der Waals surface area contributed by atoms with Crippen LogP contribution in [-0.2, 0) is 6.42 Å². The fraction of sp³-hybridized carbons (Fsp3) is 0.320. The first-order valence-electron chi connectivity index (χ1n) is 10.2.